The summed E-state index contributed by atoms with van der Waals surface area (Å²) in [6.45, 7) is 5.80. The summed E-state index contributed by atoms with van der Waals surface area (Å²) in [4.78, 5) is 27.4. The summed E-state index contributed by atoms with van der Waals surface area (Å²) in [5.41, 5.74) is 2.49. The van der Waals surface area contributed by atoms with Crippen molar-refractivity contribution in [2.24, 2.45) is 0 Å². The number of nitrogens with zero attached hydrogens (tertiary/aromatic N) is 3. The lowest BCUT2D eigenvalue weighted by molar-refractivity contribution is 0.0706. The molecule has 0 saturated carbocycles. The molecule has 2 amide bonds. The molecule has 0 bridgehead atoms. The van der Waals surface area contributed by atoms with Gasteiger partial charge in [0, 0.05) is 30.3 Å². The summed E-state index contributed by atoms with van der Waals surface area (Å²) in [7, 11) is 0. The number of aryl methyl sites for hydroxylation is 1. The van der Waals surface area contributed by atoms with Crippen LogP contribution in [0.1, 0.15) is 56.4 Å². The largest absolute Gasteiger partial charge is 0.494 e. The van der Waals surface area contributed by atoms with Gasteiger partial charge < -0.3 is 15.0 Å². The third-order valence-corrected chi connectivity index (χ3v) is 6.50. The van der Waals surface area contributed by atoms with Gasteiger partial charge in [-0.05, 0) is 63.1 Å². The van der Waals surface area contributed by atoms with E-state index in [-0.39, 0.29) is 17.7 Å². The normalized spacial score (nSPS) is 15.9. The molecule has 1 atom stereocenters. The smallest absolute Gasteiger partial charge is 0.286 e. The molecule has 2 heterocycles. The Bertz CT molecular complexity index is 1080. The zero-order chi connectivity index (χ0) is 22.5. The molecule has 32 heavy (non-hydrogen) atoms. The monoisotopic (exact) mass is 450 g/mol. The molecule has 166 valence electrons. The Morgan fingerprint density at radius 2 is 1.88 bits per heavy atom. The van der Waals surface area contributed by atoms with E-state index in [0.29, 0.717) is 30.3 Å². The molecule has 8 heteroatoms. The standard InChI is InChI=1S/C24H26N4O3S/c1-3-31-20-12-8-17(9-13-20)24(30)28-14-4-5-18(15-28)22-26-27-23(32-22)21(29)25-19-10-6-16(2)7-11-19/h6-13,18H,3-5,14-15H2,1-2H3,(H,25,29)/t18-/m0/s1. The maximum absolute atomic E-state index is 13.0. The average Bonchev–Trinajstić information content (AvgIpc) is 3.32. The number of benzene rings is 2. The molecule has 0 spiro atoms. The Kier molecular flexibility index (Phi) is 6.80. The first kappa shape index (κ1) is 22.0. The summed E-state index contributed by atoms with van der Waals surface area (Å²) < 4.78 is 5.45. The SMILES string of the molecule is CCOc1ccc(C(=O)N2CCC[C@H](c3nnc(C(=O)Nc4ccc(C)cc4)s3)C2)cc1. The Morgan fingerprint density at radius 1 is 1.12 bits per heavy atom. The molecule has 1 aromatic heterocycles. The van der Waals surface area contributed by atoms with Crippen LogP contribution in [0.3, 0.4) is 0 Å². The first-order valence-corrected chi connectivity index (χ1v) is 11.6. The van der Waals surface area contributed by atoms with Crippen LogP contribution >= 0.6 is 11.3 Å². The molecule has 7 nitrogen and oxygen atoms in total. The van der Waals surface area contributed by atoms with E-state index < -0.39 is 0 Å². The third kappa shape index (κ3) is 5.13. The molecule has 0 radical (unpaired) electrons. The molecule has 1 aliphatic rings. The molecule has 3 aromatic rings. The zero-order valence-corrected chi connectivity index (χ0v) is 19.0. The molecule has 1 N–H and O–H groups in total. The molecule has 4 rings (SSSR count). The Morgan fingerprint density at radius 3 is 2.59 bits per heavy atom. The van der Waals surface area contributed by atoms with E-state index in [2.05, 4.69) is 15.5 Å². The van der Waals surface area contributed by atoms with E-state index in [9.17, 15) is 9.59 Å². The van der Waals surface area contributed by atoms with Crippen molar-refractivity contribution in [2.75, 3.05) is 25.0 Å². The van der Waals surface area contributed by atoms with Crippen LogP contribution in [0.15, 0.2) is 48.5 Å². The highest BCUT2D eigenvalue weighted by atomic mass is 32.1. The number of aromatic nitrogens is 2. The lowest BCUT2D eigenvalue weighted by atomic mass is 9.98. The highest BCUT2D eigenvalue weighted by Crippen LogP contribution is 2.30. The van der Waals surface area contributed by atoms with Crippen molar-refractivity contribution in [3.05, 3.63) is 69.7 Å². The Balaban J connectivity index is 1.40. The van der Waals surface area contributed by atoms with Crippen LogP contribution < -0.4 is 10.1 Å². The molecule has 0 aliphatic carbocycles. The van der Waals surface area contributed by atoms with E-state index in [1.807, 2.05) is 55.1 Å². The minimum Gasteiger partial charge on any atom is -0.494 e. The van der Waals surface area contributed by atoms with Gasteiger partial charge in [0.05, 0.1) is 6.61 Å². The minimum absolute atomic E-state index is 0.000369. The van der Waals surface area contributed by atoms with Crippen molar-refractivity contribution in [1.29, 1.82) is 0 Å². The van der Waals surface area contributed by atoms with Gasteiger partial charge in [0.2, 0.25) is 5.01 Å². The number of rotatable bonds is 6. The first-order chi connectivity index (χ1) is 15.5. The number of hydrogen-bond donors (Lipinski definition) is 1. The van der Waals surface area contributed by atoms with Gasteiger partial charge in [-0.1, -0.05) is 29.0 Å². The predicted molar refractivity (Wildman–Crippen MR) is 125 cm³/mol. The van der Waals surface area contributed by atoms with Gasteiger partial charge in [0.25, 0.3) is 11.8 Å². The number of anilines is 1. The van der Waals surface area contributed by atoms with Gasteiger partial charge in [-0.15, -0.1) is 10.2 Å². The van der Waals surface area contributed by atoms with E-state index in [0.717, 1.165) is 34.8 Å². The molecule has 2 aromatic carbocycles. The number of hydrogen-bond acceptors (Lipinski definition) is 6. The summed E-state index contributed by atoms with van der Waals surface area (Å²) in [5, 5.41) is 12.3. The quantitative estimate of drug-likeness (QED) is 0.597. The number of carbonyl (C=O) groups is 2. The van der Waals surface area contributed by atoms with Crippen LogP contribution in [0.25, 0.3) is 0 Å². The summed E-state index contributed by atoms with van der Waals surface area (Å²) in [6, 6.07) is 14.9. The van der Waals surface area contributed by atoms with Crippen molar-refractivity contribution < 1.29 is 14.3 Å². The Hall–Kier alpha value is -3.26. The second-order valence-corrected chi connectivity index (χ2v) is 8.82. The lowest BCUT2D eigenvalue weighted by Crippen LogP contribution is -2.39. The number of piperidine rings is 1. The summed E-state index contributed by atoms with van der Waals surface area (Å²) >= 11 is 1.30. The maximum atomic E-state index is 13.0. The molecule has 0 unspecified atom stereocenters. The average molecular weight is 451 g/mol. The van der Waals surface area contributed by atoms with Crippen LogP contribution in [0.4, 0.5) is 5.69 Å². The maximum Gasteiger partial charge on any atom is 0.286 e. The van der Waals surface area contributed by atoms with Gasteiger partial charge in [-0.2, -0.15) is 0 Å². The topological polar surface area (TPSA) is 84.4 Å². The molecule has 1 aliphatic heterocycles. The van der Waals surface area contributed by atoms with Crippen LogP contribution in [-0.2, 0) is 0 Å². The van der Waals surface area contributed by atoms with Crippen LogP contribution in [0.5, 0.6) is 5.75 Å². The van der Waals surface area contributed by atoms with E-state index in [1.165, 1.54) is 11.3 Å². The van der Waals surface area contributed by atoms with Crippen LogP contribution in [0.2, 0.25) is 0 Å². The zero-order valence-electron chi connectivity index (χ0n) is 18.2. The van der Waals surface area contributed by atoms with Gasteiger partial charge in [-0.3, -0.25) is 9.59 Å². The number of nitrogens with one attached hydrogen (secondary N) is 1. The van der Waals surface area contributed by atoms with Gasteiger partial charge in [0.1, 0.15) is 10.8 Å². The van der Waals surface area contributed by atoms with Crippen molar-refractivity contribution in [3.63, 3.8) is 0 Å². The second-order valence-electron chi connectivity index (χ2n) is 7.81. The van der Waals surface area contributed by atoms with Crippen molar-refractivity contribution in [1.82, 2.24) is 15.1 Å². The van der Waals surface area contributed by atoms with Crippen molar-refractivity contribution in [3.8, 4) is 5.75 Å². The molecule has 1 saturated heterocycles. The fourth-order valence-corrected chi connectivity index (χ4v) is 4.58. The second kappa shape index (κ2) is 9.91. The molecular weight excluding hydrogens is 424 g/mol. The Labute approximate surface area is 191 Å². The number of amides is 2. The van der Waals surface area contributed by atoms with E-state index in [1.54, 1.807) is 12.1 Å². The van der Waals surface area contributed by atoms with Gasteiger partial charge in [-0.25, -0.2) is 0 Å². The molecule has 1 fully saturated rings. The molecular formula is C24H26N4O3S. The minimum atomic E-state index is -0.268. The van der Waals surface area contributed by atoms with Crippen LogP contribution in [-0.4, -0.2) is 46.6 Å². The van der Waals surface area contributed by atoms with E-state index in [4.69, 9.17) is 4.74 Å². The lowest BCUT2D eigenvalue weighted by Gasteiger charge is -2.31. The summed E-state index contributed by atoms with van der Waals surface area (Å²) in [5.74, 6) is 0.565. The predicted octanol–water partition coefficient (Wildman–Crippen LogP) is 4.52. The van der Waals surface area contributed by atoms with Crippen molar-refractivity contribution >= 4 is 28.8 Å². The third-order valence-electron chi connectivity index (χ3n) is 5.41. The number of carbonyl (C=O) groups excluding carboxylic acids is 2. The fraction of sp³-hybridized carbons (Fsp3) is 0.333. The van der Waals surface area contributed by atoms with Crippen LogP contribution in [0, 0.1) is 6.92 Å². The van der Waals surface area contributed by atoms with Gasteiger partial charge in [0.15, 0.2) is 0 Å². The highest BCUT2D eigenvalue weighted by Gasteiger charge is 2.28. The van der Waals surface area contributed by atoms with E-state index >= 15 is 0 Å². The fourth-order valence-electron chi connectivity index (χ4n) is 3.72. The number of likely N-dealkylation sites (tertiary alicyclic amines) is 1. The summed E-state index contributed by atoms with van der Waals surface area (Å²) in [6.07, 6.45) is 1.80. The highest BCUT2D eigenvalue weighted by molar-refractivity contribution is 7.13. The van der Waals surface area contributed by atoms with Crippen molar-refractivity contribution in [2.45, 2.75) is 32.6 Å². The first-order valence-electron chi connectivity index (χ1n) is 10.8. The van der Waals surface area contributed by atoms with Gasteiger partial charge >= 0.3 is 0 Å². The number of ether oxygens (including phenoxy) is 1.